The van der Waals surface area contributed by atoms with Gasteiger partial charge in [0.25, 0.3) is 5.91 Å². The second-order valence-corrected chi connectivity index (χ2v) is 3.10. The first-order chi connectivity index (χ1) is 7.38. The monoisotopic (exact) mass is 233 g/mol. The molecule has 4 nitrogen and oxygen atoms in total. The van der Waals surface area contributed by atoms with Crippen LogP contribution in [0.4, 0.5) is 18.9 Å². The summed E-state index contributed by atoms with van der Waals surface area (Å²) in [5.74, 6) is -0.649. The third kappa shape index (κ3) is 4.16. The first kappa shape index (κ1) is 12.3. The maximum Gasteiger partial charge on any atom is 0.390 e. The average Bonchev–Trinajstić information content (AvgIpc) is 2.16. The quantitative estimate of drug-likeness (QED) is 0.827. The van der Waals surface area contributed by atoms with Gasteiger partial charge in [-0.2, -0.15) is 13.2 Å². The minimum Gasteiger partial charge on any atom is -0.397 e. The van der Waals surface area contributed by atoms with Crippen LogP contribution >= 0.6 is 0 Å². The molecule has 1 heterocycles. The fourth-order valence-electron chi connectivity index (χ4n) is 0.948. The molecule has 0 aliphatic carbocycles. The molecule has 1 rings (SSSR count). The first-order valence-corrected chi connectivity index (χ1v) is 4.45. The average molecular weight is 233 g/mol. The number of hydrogen-bond acceptors (Lipinski definition) is 3. The van der Waals surface area contributed by atoms with E-state index in [2.05, 4.69) is 10.3 Å². The molecule has 0 fully saturated rings. The van der Waals surface area contributed by atoms with Crippen molar-refractivity contribution in [1.29, 1.82) is 0 Å². The number of alkyl halides is 3. The first-order valence-electron chi connectivity index (χ1n) is 4.45. The summed E-state index contributed by atoms with van der Waals surface area (Å²) in [4.78, 5) is 14.9. The second kappa shape index (κ2) is 4.82. The van der Waals surface area contributed by atoms with E-state index < -0.39 is 25.0 Å². The van der Waals surface area contributed by atoms with Crippen molar-refractivity contribution >= 4 is 11.6 Å². The van der Waals surface area contributed by atoms with E-state index in [1.54, 1.807) is 0 Å². The van der Waals surface area contributed by atoms with E-state index >= 15 is 0 Å². The van der Waals surface area contributed by atoms with Crippen molar-refractivity contribution < 1.29 is 18.0 Å². The van der Waals surface area contributed by atoms with E-state index in [9.17, 15) is 18.0 Å². The van der Waals surface area contributed by atoms with Gasteiger partial charge in [0.2, 0.25) is 0 Å². The zero-order valence-corrected chi connectivity index (χ0v) is 8.21. The summed E-state index contributed by atoms with van der Waals surface area (Å²) in [5, 5.41) is 2.11. The topological polar surface area (TPSA) is 68.0 Å². The highest BCUT2D eigenvalue weighted by Gasteiger charge is 2.26. The summed E-state index contributed by atoms with van der Waals surface area (Å²) in [6, 6.07) is 2.80. The molecule has 0 aliphatic rings. The van der Waals surface area contributed by atoms with Gasteiger partial charge < -0.3 is 11.1 Å². The summed E-state index contributed by atoms with van der Waals surface area (Å²) in [7, 11) is 0. The summed E-state index contributed by atoms with van der Waals surface area (Å²) in [6.45, 7) is -0.464. The Balaban J connectivity index is 2.44. The molecule has 7 heteroatoms. The van der Waals surface area contributed by atoms with Gasteiger partial charge >= 0.3 is 6.18 Å². The maximum atomic E-state index is 11.8. The predicted molar refractivity (Wildman–Crippen MR) is 51.7 cm³/mol. The van der Waals surface area contributed by atoms with Gasteiger partial charge in [0.15, 0.2) is 0 Å². The van der Waals surface area contributed by atoms with Crippen molar-refractivity contribution in [2.45, 2.75) is 12.6 Å². The normalized spacial score (nSPS) is 11.2. The summed E-state index contributed by atoms with van der Waals surface area (Å²) < 4.78 is 35.3. The van der Waals surface area contributed by atoms with Gasteiger partial charge in [-0.1, -0.05) is 0 Å². The van der Waals surface area contributed by atoms with E-state index in [1.165, 1.54) is 18.3 Å². The minimum absolute atomic E-state index is 0.0383. The minimum atomic E-state index is -4.28. The molecule has 0 unspecified atom stereocenters. The van der Waals surface area contributed by atoms with Crippen LogP contribution in [0.25, 0.3) is 0 Å². The Bertz CT molecular complexity index is 361. The smallest absolute Gasteiger partial charge is 0.390 e. The zero-order valence-electron chi connectivity index (χ0n) is 8.21. The summed E-state index contributed by atoms with van der Waals surface area (Å²) >= 11 is 0. The molecule has 0 atom stereocenters. The van der Waals surface area contributed by atoms with E-state index in [0.717, 1.165) is 0 Å². The number of anilines is 1. The van der Waals surface area contributed by atoms with Crippen molar-refractivity contribution in [3.05, 3.63) is 24.0 Å². The number of nitrogen functional groups attached to an aromatic ring is 1. The van der Waals surface area contributed by atoms with Crippen molar-refractivity contribution in [3.63, 3.8) is 0 Å². The van der Waals surface area contributed by atoms with Crippen LogP contribution < -0.4 is 11.1 Å². The molecule has 0 saturated heterocycles. The van der Waals surface area contributed by atoms with Gasteiger partial charge in [-0.05, 0) is 12.1 Å². The van der Waals surface area contributed by atoms with Crippen LogP contribution in [0.1, 0.15) is 16.9 Å². The Morgan fingerprint density at radius 1 is 1.44 bits per heavy atom. The molecule has 16 heavy (non-hydrogen) atoms. The Morgan fingerprint density at radius 2 is 2.12 bits per heavy atom. The number of nitrogens with two attached hydrogens (primary N) is 1. The number of nitrogens with one attached hydrogen (secondary N) is 1. The fourth-order valence-corrected chi connectivity index (χ4v) is 0.948. The molecule has 1 aromatic heterocycles. The van der Waals surface area contributed by atoms with Crippen molar-refractivity contribution in [1.82, 2.24) is 10.3 Å². The lowest BCUT2D eigenvalue weighted by Crippen LogP contribution is -2.28. The number of carbonyl (C=O) groups excluding carboxylic acids is 1. The van der Waals surface area contributed by atoms with E-state index in [0.29, 0.717) is 5.69 Å². The number of halogens is 3. The standard InChI is InChI=1S/C9H10F3N3O/c10-9(11,12)3-4-14-8(16)7-2-1-6(13)5-15-7/h1-2,5H,3-4,13H2,(H,14,16). The van der Waals surface area contributed by atoms with E-state index in [1.807, 2.05) is 0 Å². The summed E-state index contributed by atoms with van der Waals surface area (Å²) in [5.41, 5.74) is 5.76. The number of hydrogen-bond donors (Lipinski definition) is 2. The van der Waals surface area contributed by atoms with Crippen LogP contribution in [-0.4, -0.2) is 23.6 Å². The summed E-state index contributed by atoms with van der Waals surface area (Å²) in [6.07, 6.45) is -4.08. The number of nitrogens with zero attached hydrogens (tertiary/aromatic N) is 1. The molecule has 1 amide bonds. The van der Waals surface area contributed by atoms with Crippen molar-refractivity contribution in [3.8, 4) is 0 Å². The van der Waals surface area contributed by atoms with Gasteiger partial charge in [0.1, 0.15) is 5.69 Å². The highest BCUT2D eigenvalue weighted by molar-refractivity contribution is 5.92. The fraction of sp³-hybridized carbons (Fsp3) is 0.333. The van der Waals surface area contributed by atoms with Crippen LogP contribution in [0.15, 0.2) is 18.3 Å². The lowest BCUT2D eigenvalue weighted by atomic mass is 10.3. The molecule has 0 aliphatic heterocycles. The number of amides is 1. The highest BCUT2D eigenvalue weighted by Crippen LogP contribution is 2.18. The number of carbonyl (C=O) groups is 1. The lowest BCUT2D eigenvalue weighted by Gasteiger charge is -2.07. The van der Waals surface area contributed by atoms with Gasteiger partial charge in [0.05, 0.1) is 18.3 Å². The number of pyridine rings is 1. The molecule has 88 valence electrons. The highest BCUT2D eigenvalue weighted by atomic mass is 19.4. The van der Waals surface area contributed by atoms with Gasteiger partial charge in [-0.15, -0.1) is 0 Å². The number of rotatable bonds is 3. The number of aromatic nitrogens is 1. The Labute approximate surface area is 89.7 Å². The third-order valence-electron chi connectivity index (χ3n) is 1.71. The molecular weight excluding hydrogens is 223 g/mol. The molecule has 3 N–H and O–H groups in total. The maximum absolute atomic E-state index is 11.8. The van der Waals surface area contributed by atoms with Crippen LogP contribution in [-0.2, 0) is 0 Å². The third-order valence-corrected chi connectivity index (χ3v) is 1.71. The Kier molecular flexibility index (Phi) is 3.70. The molecule has 0 radical (unpaired) electrons. The molecule has 0 bridgehead atoms. The second-order valence-electron chi connectivity index (χ2n) is 3.10. The van der Waals surface area contributed by atoms with Crippen LogP contribution in [0.3, 0.4) is 0 Å². The molecule has 0 saturated carbocycles. The zero-order chi connectivity index (χ0) is 12.2. The van der Waals surface area contributed by atoms with Gasteiger partial charge in [-0.25, -0.2) is 4.98 Å². The van der Waals surface area contributed by atoms with Crippen LogP contribution in [0, 0.1) is 0 Å². The van der Waals surface area contributed by atoms with Crippen LogP contribution in [0.5, 0.6) is 0 Å². The van der Waals surface area contributed by atoms with Crippen molar-refractivity contribution in [2.75, 3.05) is 12.3 Å². The predicted octanol–water partition coefficient (Wildman–Crippen LogP) is 1.35. The van der Waals surface area contributed by atoms with Crippen LogP contribution in [0.2, 0.25) is 0 Å². The van der Waals surface area contributed by atoms with E-state index in [-0.39, 0.29) is 5.69 Å². The Morgan fingerprint density at radius 3 is 2.62 bits per heavy atom. The molecule has 0 aromatic carbocycles. The lowest BCUT2D eigenvalue weighted by molar-refractivity contribution is -0.132. The Hall–Kier alpha value is -1.79. The molecule has 0 spiro atoms. The van der Waals surface area contributed by atoms with Gasteiger partial charge in [-0.3, -0.25) is 4.79 Å². The largest absolute Gasteiger partial charge is 0.397 e. The van der Waals surface area contributed by atoms with Crippen molar-refractivity contribution in [2.24, 2.45) is 0 Å². The molecular formula is C9H10F3N3O. The van der Waals surface area contributed by atoms with Gasteiger partial charge in [0, 0.05) is 6.54 Å². The molecule has 1 aromatic rings. The van der Waals surface area contributed by atoms with E-state index in [4.69, 9.17) is 5.73 Å². The SMILES string of the molecule is Nc1ccc(C(=O)NCCC(F)(F)F)nc1.